The molecule has 0 unspecified atom stereocenters. The van der Waals surface area contributed by atoms with E-state index in [1.807, 2.05) is 0 Å². The lowest BCUT2D eigenvalue weighted by atomic mass is 10.3. The zero-order chi connectivity index (χ0) is 15.6. The van der Waals surface area contributed by atoms with Crippen LogP contribution in [0, 0.1) is 5.82 Å². The molecule has 0 saturated heterocycles. The summed E-state index contributed by atoms with van der Waals surface area (Å²) in [4.78, 5) is 14.2. The van der Waals surface area contributed by atoms with Crippen molar-refractivity contribution in [1.29, 1.82) is 0 Å². The zero-order valence-electron chi connectivity index (χ0n) is 10.2. The minimum atomic E-state index is -4.12. The average Bonchev–Trinajstić information content (AvgIpc) is 2.73. The van der Waals surface area contributed by atoms with Gasteiger partial charge in [-0.2, -0.15) is 0 Å². The van der Waals surface area contributed by atoms with Crippen LogP contribution < -0.4 is 4.72 Å². The smallest absolute Gasteiger partial charge is 0.308 e. The van der Waals surface area contributed by atoms with Gasteiger partial charge in [-0.15, -0.1) is 11.3 Å². The Kier molecular flexibility index (Phi) is 4.59. The lowest BCUT2D eigenvalue weighted by Gasteiger charge is -2.06. The van der Waals surface area contributed by atoms with Gasteiger partial charge in [0.1, 0.15) is 10.7 Å². The number of thiazole rings is 1. The third kappa shape index (κ3) is 3.99. The van der Waals surface area contributed by atoms with Gasteiger partial charge in [0.2, 0.25) is 0 Å². The van der Waals surface area contributed by atoms with Gasteiger partial charge in [-0.25, -0.2) is 17.8 Å². The number of benzene rings is 1. The van der Waals surface area contributed by atoms with Crippen LogP contribution in [-0.4, -0.2) is 24.5 Å². The Balaban J connectivity index is 2.25. The van der Waals surface area contributed by atoms with Crippen LogP contribution in [0.4, 0.5) is 9.52 Å². The number of nitrogens with one attached hydrogen (secondary N) is 1. The number of rotatable bonds is 5. The molecule has 0 aliphatic rings. The number of carboxylic acids is 1. The van der Waals surface area contributed by atoms with Crippen LogP contribution in [-0.2, 0) is 21.2 Å². The third-order valence-corrected chi connectivity index (χ3v) is 5.19. The van der Waals surface area contributed by atoms with Crippen LogP contribution in [0.15, 0.2) is 33.8 Å². The van der Waals surface area contributed by atoms with E-state index < -0.39 is 26.7 Å². The normalized spacial score (nSPS) is 11.3. The van der Waals surface area contributed by atoms with E-state index in [9.17, 15) is 17.6 Å². The number of carboxylic acid groups (broad SMARTS) is 1. The van der Waals surface area contributed by atoms with E-state index in [0.29, 0.717) is 9.35 Å². The molecule has 1 aromatic heterocycles. The third-order valence-electron chi connectivity index (χ3n) is 2.28. The maximum absolute atomic E-state index is 13.7. The Bertz CT molecular complexity index is 791. The van der Waals surface area contributed by atoms with Gasteiger partial charge in [-0.1, -0.05) is 15.9 Å². The number of carbonyl (C=O) groups is 1. The van der Waals surface area contributed by atoms with Gasteiger partial charge in [-0.05, 0) is 18.2 Å². The number of anilines is 1. The summed E-state index contributed by atoms with van der Waals surface area (Å²) in [6.45, 7) is 0. The SMILES string of the molecule is O=C(O)Cc1cnc(NS(=O)(=O)c2ccc(Br)cc2F)s1. The van der Waals surface area contributed by atoms with E-state index in [4.69, 9.17) is 5.11 Å². The fourth-order valence-corrected chi connectivity index (χ4v) is 3.89. The predicted molar refractivity (Wildman–Crippen MR) is 78.4 cm³/mol. The standard InChI is InChI=1S/C11H8BrFN2O4S2/c12-6-1-2-9(8(13)3-6)21(18,19)15-11-14-5-7(20-11)4-10(16)17/h1-3,5H,4H2,(H,14,15)(H,16,17). The molecule has 0 radical (unpaired) electrons. The van der Waals surface area contributed by atoms with Crippen molar-refractivity contribution in [3.8, 4) is 0 Å². The molecule has 0 fully saturated rings. The molecule has 0 saturated carbocycles. The number of hydrogen-bond acceptors (Lipinski definition) is 5. The molecule has 0 aliphatic heterocycles. The van der Waals surface area contributed by atoms with Gasteiger partial charge in [0.25, 0.3) is 10.0 Å². The summed E-state index contributed by atoms with van der Waals surface area (Å²) in [5, 5.41) is 8.62. The van der Waals surface area contributed by atoms with Crippen molar-refractivity contribution >= 4 is 48.4 Å². The van der Waals surface area contributed by atoms with Crippen LogP contribution in [0.1, 0.15) is 4.88 Å². The fraction of sp³-hybridized carbons (Fsp3) is 0.0909. The summed E-state index contributed by atoms with van der Waals surface area (Å²) < 4.78 is 40.3. The summed E-state index contributed by atoms with van der Waals surface area (Å²) in [5.74, 6) is -1.95. The lowest BCUT2D eigenvalue weighted by Crippen LogP contribution is -2.14. The molecule has 0 amide bonds. The maximum atomic E-state index is 13.7. The molecular formula is C11H8BrFN2O4S2. The minimum absolute atomic E-state index is 0.0198. The van der Waals surface area contributed by atoms with Crippen molar-refractivity contribution < 1.29 is 22.7 Å². The van der Waals surface area contributed by atoms with Gasteiger partial charge in [-0.3, -0.25) is 9.52 Å². The number of aliphatic carboxylic acids is 1. The molecule has 0 bridgehead atoms. The first-order valence-electron chi connectivity index (χ1n) is 5.42. The average molecular weight is 395 g/mol. The summed E-state index contributed by atoms with van der Waals surface area (Å²) in [6, 6.07) is 3.55. The Labute approximate surface area is 131 Å². The van der Waals surface area contributed by atoms with Crippen molar-refractivity contribution in [1.82, 2.24) is 4.98 Å². The van der Waals surface area contributed by atoms with E-state index >= 15 is 0 Å². The van der Waals surface area contributed by atoms with E-state index in [0.717, 1.165) is 23.5 Å². The van der Waals surface area contributed by atoms with Crippen molar-refractivity contribution in [2.24, 2.45) is 0 Å². The molecule has 6 nitrogen and oxygen atoms in total. The summed E-state index contributed by atoms with van der Waals surface area (Å²) in [5.41, 5.74) is 0. The Morgan fingerprint density at radius 2 is 2.19 bits per heavy atom. The monoisotopic (exact) mass is 394 g/mol. The number of aromatic nitrogens is 1. The number of nitrogens with zero attached hydrogens (tertiary/aromatic N) is 1. The predicted octanol–water partition coefficient (Wildman–Crippen LogP) is 2.47. The van der Waals surface area contributed by atoms with Crippen molar-refractivity contribution in [3.63, 3.8) is 0 Å². The van der Waals surface area contributed by atoms with Gasteiger partial charge in [0, 0.05) is 15.5 Å². The van der Waals surface area contributed by atoms with E-state index in [-0.39, 0.29) is 11.6 Å². The lowest BCUT2D eigenvalue weighted by molar-refractivity contribution is -0.136. The Hall–Kier alpha value is -1.52. The van der Waals surface area contributed by atoms with Gasteiger partial charge >= 0.3 is 5.97 Å². The highest BCUT2D eigenvalue weighted by Gasteiger charge is 2.21. The summed E-state index contributed by atoms with van der Waals surface area (Å²) in [6.07, 6.45) is 1.00. The van der Waals surface area contributed by atoms with Crippen molar-refractivity contribution in [3.05, 3.63) is 39.6 Å². The van der Waals surface area contributed by atoms with Gasteiger partial charge in [0.05, 0.1) is 6.42 Å². The van der Waals surface area contributed by atoms with Crippen LogP contribution in [0.3, 0.4) is 0 Å². The van der Waals surface area contributed by atoms with Crippen molar-refractivity contribution in [2.45, 2.75) is 11.3 Å². The van der Waals surface area contributed by atoms with E-state index in [2.05, 4.69) is 25.6 Å². The Morgan fingerprint density at radius 3 is 2.81 bits per heavy atom. The highest BCUT2D eigenvalue weighted by molar-refractivity contribution is 9.10. The molecule has 1 heterocycles. The van der Waals surface area contributed by atoms with Crippen LogP contribution in [0.25, 0.3) is 0 Å². The number of halogens is 2. The highest BCUT2D eigenvalue weighted by Crippen LogP contribution is 2.24. The first-order chi connectivity index (χ1) is 9.78. The molecule has 2 rings (SSSR count). The maximum Gasteiger partial charge on any atom is 0.308 e. The Morgan fingerprint density at radius 1 is 1.48 bits per heavy atom. The summed E-state index contributed by atoms with van der Waals surface area (Å²) in [7, 11) is -4.12. The topological polar surface area (TPSA) is 96.4 Å². The largest absolute Gasteiger partial charge is 0.481 e. The van der Waals surface area contributed by atoms with E-state index in [1.54, 1.807) is 0 Å². The van der Waals surface area contributed by atoms with Crippen LogP contribution in [0.5, 0.6) is 0 Å². The first kappa shape index (κ1) is 15.9. The zero-order valence-corrected chi connectivity index (χ0v) is 13.4. The van der Waals surface area contributed by atoms with E-state index in [1.165, 1.54) is 12.3 Å². The molecule has 2 aromatic rings. The fourth-order valence-electron chi connectivity index (χ4n) is 1.45. The van der Waals surface area contributed by atoms with Gasteiger partial charge in [0.15, 0.2) is 5.13 Å². The second-order valence-electron chi connectivity index (χ2n) is 3.88. The molecule has 2 N–H and O–H groups in total. The molecule has 1 aromatic carbocycles. The minimum Gasteiger partial charge on any atom is -0.481 e. The molecular weight excluding hydrogens is 387 g/mol. The second kappa shape index (κ2) is 6.08. The molecule has 10 heteroatoms. The quantitative estimate of drug-likeness (QED) is 0.811. The number of sulfonamides is 1. The van der Waals surface area contributed by atoms with Crippen LogP contribution >= 0.6 is 27.3 Å². The van der Waals surface area contributed by atoms with Gasteiger partial charge < -0.3 is 5.11 Å². The molecule has 112 valence electrons. The summed E-state index contributed by atoms with van der Waals surface area (Å²) >= 11 is 3.91. The van der Waals surface area contributed by atoms with Crippen LogP contribution in [0.2, 0.25) is 0 Å². The second-order valence-corrected chi connectivity index (χ2v) is 7.56. The molecule has 0 aliphatic carbocycles. The number of hydrogen-bond donors (Lipinski definition) is 2. The highest BCUT2D eigenvalue weighted by atomic mass is 79.9. The first-order valence-corrected chi connectivity index (χ1v) is 8.51. The van der Waals surface area contributed by atoms with Crippen molar-refractivity contribution in [2.75, 3.05) is 4.72 Å². The molecule has 0 spiro atoms. The molecule has 0 atom stereocenters. The molecule has 21 heavy (non-hydrogen) atoms.